The van der Waals surface area contributed by atoms with E-state index >= 15 is 0 Å². The third-order valence-electron chi connectivity index (χ3n) is 4.42. The van der Waals surface area contributed by atoms with Gasteiger partial charge in [0.05, 0.1) is 23.2 Å². The third-order valence-corrected chi connectivity index (χ3v) is 5.00. The molecule has 0 aliphatic carbocycles. The molecule has 0 spiro atoms. The van der Waals surface area contributed by atoms with Gasteiger partial charge in [-0.2, -0.15) is 0 Å². The molecule has 0 amide bonds. The standard InChI is InChI=1S/C20H23N3O4S.Na.H/c24-18(25)11-5-3-1-2-4-8-12-27-20(26)23-17-10-7-6-9-15(17)22-19(23)16-13-28-14-21-16;;/h6-7,9-10,13-14H,1-5,8,11-12H2,(H,24,25);;/q;+1;-1. The first-order valence-electron chi connectivity index (χ1n) is 9.42. The van der Waals surface area contributed by atoms with E-state index in [1.54, 1.807) is 5.51 Å². The second-order valence-electron chi connectivity index (χ2n) is 6.51. The maximum atomic E-state index is 12.7. The largest absolute Gasteiger partial charge is 1.00 e. The van der Waals surface area contributed by atoms with Gasteiger partial charge in [-0.05, 0) is 25.0 Å². The summed E-state index contributed by atoms with van der Waals surface area (Å²) in [6, 6.07) is 7.45. The summed E-state index contributed by atoms with van der Waals surface area (Å²) in [5, 5.41) is 10.5. The zero-order valence-corrected chi connectivity index (χ0v) is 19.4. The molecule has 9 heteroatoms. The van der Waals surface area contributed by atoms with Crippen molar-refractivity contribution in [2.24, 2.45) is 0 Å². The minimum Gasteiger partial charge on any atom is -1.00 e. The van der Waals surface area contributed by atoms with Gasteiger partial charge in [-0.1, -0.05) is 37.8 Å². The molecule has 0 fully saturated rings. The van der Waals surface area contributed by atoms with Crippen molar-refractivity contribution in [2.45, 2.75) is 44.9 Å². The molecule has 0 aliphatic heterocycles. The Bertz CT molecular complexity index is 933. The Morgan fingerprint density at radius 2 is 1.83 bits per heavy atom. The van der Waals surface area contributed by atoms with Crippen LogP contribution < -0.4 is 29.6 Å². The summed E-state index contributed by atoms with van der Waals surface area (Å²) >= 11 is 1.45. The number of carboxylic acid groups (broad SMARTS) is 1. The van der Waals surface area contributed by atoms with Gasteiger partial charge in [-0.3, -0.25) is 4.79 Å². The number of hydrogen-bond acceptors (Lipinski definition) is 6. The van der Waals surface area contributed by atoms with Gasteiger partial charge in [0.15, 0.2) is 5.82 Å². The minimum absolute atomic E-state index is 0. The number of carbonyl (C=O) groups is 2. The fourth-order valence-corrected chi connectivity index (χ4v) is 3.55. The van der Waals surface area contributed by atoms with E-state index in [1.165, 1.54) is 15.9 Å². The van der Waals surface area contributed by atoms with Gasteiger partial charge in [-0.25, -0.2) is 19.3 Å². The Kier molecular flexibility index (Phi) is 9.80. The SMILES string of the molecule is O=C(O)CCCCCCCCOC(=O)n1c(-c2cscn2)nc2ccccc21.[H-].[Na+]. The zero-order valence-electron chi connectivity index (χ0n) is 17.5. The Hall–Kier alpha value is -1.74. The van der Waals surface area contributed by atoms with E-state index in [1.807, 2.05) is 29.6 Å². The number of aliphatic carboxylic acids is 1. The van der Waals surface area contributed by atoms with Gasteiger partial charge in [0.1, 0.15) is 5.69 Å². The van der Waals surface area contributed by atoms with Crippen molar-refractivity contribution in [3.05, 3.63) is 35.2 Å². The van der Waals surface area contributed by atoms with E-state index in [0.29, 0.717) is 23.6 Å². The van der Waals surface area contributed by atoms with E-state index < -0.39 is 12.1 Å². The molecule has 2 heterocycles. The molecule has 0 saturated carbocycles. The Morgan fingerprint density at radius 1 is 1.10 bits per heavy atom. The van der Waals surface area contributed by atoms with Crippen LogP contribution in [0.1, 0.15) is 46.4 Å². The van der Waals surface area contributed by atoms with Crippen molar-refractivity contribution in [3.63, 3.8) is 0 Å². The van der Waals surface area contributed by atoms with Crippen molar-refractivity contribution in [2.75, 3.05) is 6.61 Å². The quantitative estimate of drug-likeness (QED) is 0.395. The fourth-order valence-electron chi connectivity index (χ4n) is 3.01. The third kappa shape index (κ3) is 6.64. The number of para-hydroxylation sites is 2. The molecular formula is C20H24N3NaO4S. The summed E-state index contributed by atoms with van der Waals surface area (Å²) in [5.74, 6) is -0.248. The van der Waals surface area contributed by atoms with Crippen LogP contribution in [0.2, 0.25) is 0 Å². The maximum Gasteiger partial charge on any atom is 1.00 e. The second kappa shape index (κ2) is 12.1. The fraction of sp³-hybridized carbons (Fsp3) is 0.400. The molecular weight excluding hydrogens is 401 g/mol. The number of unbranched alkanes of at least 4 members (excludes halogenated alkanes) is 5. The Labute approximate surface area is 196 Å². The van der Waals surface area contributed by atoms with Gasteiger partial charge in [0.2, 0.25) is 0 Å². The van der Waals surface area contributed by atoms with Gasteiger partial charge in [-0.15, -0.1) is 11.3 Å². The second-order valence-corrected chi connectivity index (χ2v) is 7.23. The molecule has 0 unspecified atom stereocenters. The molecule has 7 nitrogen and oxygen atoms in total. The molecule has 3 aromatic rings. The molecule has 0 bridgehead atoms. The molecule has 2 aromatic heterocycles. The zero-order chi connectivity index (χ0) is 19.8. The molecule has 0 radical (unpaired) electrons. The maximum absolute atomic E-state index is 12.7. The Morgan fingerprint density at radius 3 is 2.55 bits per heavy atom. The van der Waals surface area contributed by atoms with Crippen molar-refractivity contribution in [1.29, 1.82) is 0 Å². The first-order valence-corrected chi connectivity index (χ1v) is 10.4. The van der Waals surface area contributed by atoms with Crippen LogP contribution in [0.4, 0.5) is 4.79 Å². The van der Waals surface area contributed by atoms with Crippen LogP contribution in [0.3, 0.4) is 0 Å². The average molecular weight is 425 g/mol. The predicted molar refractivity (Wildman–Crippen MR) is 109 cm³/mol. The molecule has 1 N–H and O–H groups in total. The molecule has 29 heavy (non-hydrogen) atoms. The summed E-state index contributed by atoms with van der Waals surface area (Å²) in [5.41, 5.74) is 3.79. The normalized spacial score (nSPS) is 10.6. The molecule has 150 valence electrons. The number of benzene rings is 1. The summed E-state index contributed by atoms with van der Waals surface area (Å²) in [6.45, 7) is 0.344. The molecule has 0 aliphatic rings. The number of carbonyl (C=O) groups excluding carboxylic acids is 1. The average Bonchev–Trinajstić information content (AvgIpc) is 3.33. The van der Waals surface area contributed by atoms with Gasteiger partial charge >= 0.3 is 41.6 Å². The van der Waals surface area contributed by atoms with Crippen LogP contribution in [0.15, 0.2) is 35.2 Å². The van der Waals surface area contributed by atoms with Crippen LogP contribution in [-0.4, -0.2) is 38.3 Å². The number of imidazole rings is 1. The van der Waals surface area contributed by atoms with Crippen LogP contribution in [-0.2, 0) is 9.53 Å². The van der Waals surface area contributed by atoms with Crippen molar-refractivity contribution in [3.8, 4) is 11.5 Å². The monoisotopic (exact) mass is 425 g/mol. The van der Waals surface area contributed by atoms with Crippen LogP contribution in [0.25, 0.3) is 22.6 Å². The van der Waals surface area contributed by atoms with Gasteiger partial charge < -0.3 is 11.3 Å². The van der Waals surface area contributed by atoms with Crippen molar-refractivity contribution < 1.29 is 50.4 Å². The number of carboxylic acids is 1. The minimum atomic E-state index is -0.740. The summed E-state index contributed by atoms with van der Waals surface area (Å²) < 4.78 is 6.96. The topological polar surface area (TPSA) is 94.3 Å². The van der Waals surface area contributed by atoms with E-state index in [-0.39, 0.29) is 37.4 Å². The van der Waals surface area contributed by atoms with E-state index in [2.05, 4.69) is 9.97 Å². The van der Waals surface area contributed by atoms with E-state index in [0.717, 1.165) is 44.0 Å². The first kappa shape index (κ1) is 23.5. The van der Waals surface area contributed by atoms with Crippen LogP contribution >= 0.6 is 11.3 Å². The van der Waals surface area contributed by atoms with E-state index in [4.69, 9.17) is 9.84 Å². The summed E-state index contributed by atoms with van der Waals surface area (Å²) in [4.78, 5) is 32.0. The van der Waals surface area contributed by atoms with Gasteiger partial charge in [0.25, 0.3) is 0 Å². The molecule has 0 saturated heterocycles. The number of nitrogens with zero attached hydrogens (tertiary/aromatic N) is 3. The number of hydrogen-bond donors (Lipinski definition) is 1. The van der Waals surface area contributed by atoms with Crippen LogP contribution in [0, 0.1) is 0 Å². The number of aromatic nitrogens is 3. The van der Waals surface area contributed by atoms with Crippen molar-refractivity contribution in [1.82, 2.24) is 14.5 Å². The first-order chi connectivity index (χ1) is 13.7. The predicted octanol–water partition coefficient (Wildman–Crippen LogP) is 2.08. The van der Waals surface area contributed by atoms with E-state index in [9.17, 15) is 9.59 Å². The Balaban J connectivity index is 0.00000225. The molecule has 0 atom stereocenters. The van der Waals surface area contributed by atoms with Crippen molar-refractivity contribution >= 4 is 34.4 Å². The number of thiazole rings is 1. The smallest absolute Gasteiger partial charge is 1.00 e. The number of fused-ring (bicyclic) bond motifs is 1. The molecule has 1 aromatic carbocycles. The van der Waals surface area contributed by atoms with Crippen LogP contribution in [0.5, 0.6) is 0 Å². The summed E-state index contributed by atoms with van der Waals surface area (Å²) in [7, 11) is 0. The number of rotatable bonds is 10. The van der Waals surface area contributed by atoms with Gasteiger partial charge in [0, 0.05) is 11.8 Å². The number of ether oxygens (including phenoxy) is 1. The summed E-state index contributed by atoms with van der Waals surface area (Å²) in [6.07, 6.45) is 5.17. The molecule has 3 rings (SSSR count).